The van der Waals surface area contributed by atoms with E-state index in [2.05, 4.69) is 25.2 Å². The molecule has 1 aliphatic carbocycles. The molecule has 0 aromatic carbocycles. The van der Waals surface area contributed by atoms with Crippen molar-refractivity contribution in [3.63, 3.8) is 0 Å². The Morgan fingerprint density at radius 1 is 1.57 bits per heavy atom. The predicted octanol–water partition coefficient (Wildman–Crippen LogP) is 2.34. The molecule has 0 fully saturated rings. The van der Waals surface area contributed by atoms with Gasteiger partial charge in [0.05, 0.1) is 0 Å². The van der Waals surface area contributed by atoms with Crippen LogP contribution in [-0.4, -0.2) is 13.6 Å². The molecule has 1 N–H and O–H groups in total. The number of rotatable bonds is 3. The Morgan fingerprint density at radius 3 is 3.00 bits per heavy atom. The molecule has 2 nitrogen and oxygen atoms in total. The summed E-state index contributed by atoms with van der Waals surface area (Å²) in [5, 5.41) is 3.27. The zero-order valence-electron chi connectivity index (χ0n) is 9.26. The molecule has 2 rings (SSSR count). The lowest BCUT2D eigenvalue weighted by Crippen LogP contribution is -2.19. The van der Waals surface area contributed by atoms with Gasteiger partial charge in [-0.1, -0.05) is 13.8 Å². The fourth-order valence-electron chi connectivity index (χ4n) is 2.42. The van der Waals surface area contributed by atoms with Gasteiger partial charge in [0.2, 0.25) is 0 Å². The van der Waals surface area contributed by atoms with Crippen molar-refractivity contribution in [2.45, 2.75) is 32.6 Å². The highest BCUT2D eigenvalue weighted by molar-refractivity contribution is 5.32. The van der Waals surface area contributed by atoms with E-state index < -0.39 is 0 Å². The number of likely N-dealkylation sites (N-methyl/N-ethyl adjacent to an activating group) is 1. The summed E-state index contributed by atoms with van der Waals surface area (Å²) in [5.74, 6) is 3.75. The van der Waals surface area contributed by atoms with Crippen molar-refractivity contribution in [1.29, 1.82) is 0 Å². The lowest BCUT2D eigenvalue weighted by atomic mass is 9.94. The van der Waals surface area contributed by atoms with Crippen LogP contribution in [0.15, 0.2) is 10.5 Å². The lowest BCUT2D eigenvalue weighted by Gasteiger charge is -2.14. The van der Waals surface area contributed by atoms with Gasteiger partial charge in [-0.3, -0.25) is 0 Å². The first kappa shape index (κ1) is 9.78. The molecule has 0 bridgehead atoms. The van der Waals surface area contributed by atoms with Crippen molar-refractivity contribution in [3.05, 3.63) is 23.2 Å². The van der Waals surface area contributed by atoms with Gasteiger partial charge < -0.3 is 9.73 Å². The summed E-state index contributed by atoms with van der Waals surface area (Å²) in [6.45, 7) is 5.52. The first-order valence-electron chi connectivity index (χ1n) is 5.52. The van der Waals surface area contributed by atoms with E-state index >= 15 is 0 Å². The van der Waals surface area contributed by atoms with E-state index in [4.69, 9.17) is 4.42 Å². The Kier molecular flexibility index (Phi) is 2.64. The lowest BCUT2D eigenvalue weighted by molar-refractivity contribution is 0.431. The maximum atomic E-state index is 5.79. The molecule has 2 atom stereocenters. The first-order valence-corrected chi connectivity index (χ1v) is 5.52. The Hall–Kier alpha value is -0.760. The zero-order valence-corrected chi connectivity index (χ0v) is 9.26. The van der Waals surface area contributed by atoms with Crippen LogP contribution in [0.5, 0.6) is 0 Å². The van der Waals surface area contributed by atoms with Crippen LogP contribution in [0, 0.1) is 5.92 Å². The van der Waals surface area contributed by atoms with Crippen molar-refractivity contribution < 1.29 is 4.42 Å². The summed E-state index contributed by atoms with van der Waals surface area (Å²) < 4.78 is 5.79. The van der Waals surface area contributed by atoms with E-state index in [9.17, 15) is 0 Å². The quantitative estimate of drug-likeness (QED) is 0.797. The molecular weight excluding hydrogens is 174 g/mol. The van der Waals surface area contributed by atoms with Crippen molar-refractivity contribution in [2.75, 3.05) is 13.6 Å². The molecule has 0 radical (unpaired) electrons. The van der Waals surface area contributed by atoms with Gasteiger partial charge in [0, 0.05) is 25.3 Å². The standard InChI is InChI=1S/C12H19NO/c1-4-9-6-10-11(7-13-3)8(2)5-12(10)14-9/h6,8,11,13H,4-5,7H2,1-3H3. The van der Waals surface area contributed by atoms with Gasteiger partial charge in [-0.25, -0.2) is 0 Å². The summed E-state index contributed by atoms with van der Waals surface area (Å²) >= 11 is 0. The largest absolute Gasteiger partial charge is 0.466 e. The Balaban J connectivity index is 2.25. The molecule has 0 saturated heterocycles. The third kappa shape index (κ3) is 1.48. The second-order valence-electron chi connectivity index (χ2n) is 4.29. The normalized spacial score (nSPS) is 25.4. The maximum Gasteiger partial charge on any atom is 0.107 e. The third-order valence-corrected chi connectivity index (χ3v) is 3.26. The topological polar surface area (TPSA) is 25.2 Å². The van der Waals surface area contributed by atoms with Gasteiger partial charge in [0.15, 0.2) is 0 Å². The molecule has 0 spiro atoms. The van der Waals surface area contributed by atoms with E-state index in [-0.39, 0.29) is 0 Å². The van der Waals surface area contributed by atoms with E-state index in [1.165, 1.54) is 11.3 Å². The van der Waals surface area contributed by atoms with Crippen LogP contribution in [0.4, 0.5) is 0 Å². The summed E-state index contributed by atoms with van der Waals surface area (Å²) in [6.07, 6.45) is 2.12. The number of fused-ring (bicyclic) bond motifs is 1. The zero-order chi connectivity index (χ0) is 10.1. The van der Waals surface area contributed by atoms with E-state index in [1.54, 1.807) is 0 Å². The maximum absolute atomic E-state index is 5.79. The van der Waals surface area contributed by atoms with E-state index in [0.717, 1.165) is 31.1 Å². The van der Waals surface area contributed by atoms with Crippen LogP contribution in [0.25, 0.3) is 0 Å². The minimum Gasteiger partial charge on any atom is -0.466 e. The average molecular weight is 193 g/mol. The molecule has 1 aliphatic rings. The van der Waals surface area contributed by atoms with E-state index in [1.807, 2.05) is 7.05 Å². The minimum atomic E-state index is 0.652. The van der Waals surface area contributed by atoms with Gasteiger partial charge in [0.1, 0.15) is 11.5 Å². The fraction of sp³-hybridized carbons (Fsp3) is 0.667. The van der Waals surface area contributed by atoms with Gasteiger partial charge in [-0.15, -0.1) is 0 Å². The number of furan rings is 1. The third-order valence-electron chi connectivity index (χ3n) is 3.26. The smallest absolute Gasteiger partial charge is 0.107 e. The second-order valence-corrected chi connectivity index (χ2v) is 4.29. The van der Waals surface area contributed by atoms with Gasteiger partial charge >= 0.3 is 0 Å². The fourth-order valence-corrected chi connectivity index (χ4v) is 2.42. The molecule has 0 aliphatic heterocycles. The van der Waals surface area contributed by atoms with Crippen LogP contribution in [-0.2, 0) is 12.8 Å². The molecule has 78 valence electrons. The summed E-state index contributed by atoms with van der Waals surface area (Å²) in [6, 6.07) is 2.25. The average Bonchev–Trinajstić information content (AvgIpc) is 2.67. The highest BCUT2D eigenvalue weighted by atomic mass is 16.3. The summed E-state index contributed by atoms with van der Waals surface area (Å²) in [5.41, 5.74) is 1.45. The Bertz CT molecular complexity index is 316. The number of hydrogen-bond acceptors (Lipinski definition) is 2. The van der Waals surface area contributed by atoms with Crippen molar-refractivity contribution >= 4 is 0 Å². The predicted molar refractivity (Wildman–Crippen MR) is 57.6 cm³/mol. The van der Waals surface area contributed by atoms with Crippen LogP contribution >= 0.6 is 0 Å². The highest BCUT2D eigenvalue weighted by Gasteiger charge is 2.32. The van der Waals surface area contributed by atoms with Crippen LogP contribution in [0.3, 0.4) is 0 Å². The summed E-state index contributed by atoms with van der Waals surface area (Å²) in [4.78, 5) is 0. The number of hydrogen-bond donors (Lipinski definition) is 1. The Morgan fingerprint density at radius 2 is 2.36 bits per heavy atom. The van der Waals surface area contributed by atoms with Crippen LogP contribution < -0.4 is 5.32 Å². The highest BCUT2D eigenvalue weighted by Crippen LogP contribution is 2.39. The van der Waals surface area contributed by atoms with Gasteiger partial charge in [-0.2, -0.15) is 0 Å². The van der Waals surface area contributed by atoms with Gasteiger partial charge in [0.25, 0.3) is 0 Å². The minimum absolute atomic E-state index is 0.652. The number of aryl methyl sites for hydroxylation is 1. The molecular formula is C12H19NO. The Labute approximate surface area is 85.7 Å². The molecule has 0 saturated carbocycles. The molecule has 0 amide bonds. The summed E-state index contributed by atoms with van der Waals surface area (Å²) in [7, 11) is 2.02. The molecule has 1 heterocycles. The monoisotopic (exact) mass is 193 g/mol. The van der Waals surface area contributed by atoms with Crippen molar-refractivity contribution in [1.82, 2.24) is 5.32 Å². The first-order chi connectivity index (χ1) is 6.76. The van der Waals surface area contributed by atoms with Crippen molar-refractivity contribution in [3.8, 4) is 0 Å². The van der Waals surface area contributed by atoms with Crippen LogP contribution in [0.2, 0.25) is 0 Å². The van der Waals surface area contributed by atoms with Gasteiger partial charge in [-0.05, 0) is 24.6 Å². The van der Waals surface area contributed by atoms with Crippen molar-refractivity contribution in [2.24, 2.45) is 5.92 Å². The molecule has 1 aromatic heterocycles. The van der Waals surface area contributed by atoms with E-state index in [0.29, 0.717) is 5.92 Å². The molecule has 14 heavy (non-hydrogen) atoms. The molecule has 1 aromatic rings. The molecule has 2 heteroatoms. The SMILES string of the molecule is CCc1cc2c(o1)CC(C)C2CNC. The van der Waals surface area contributed by atoms with Crippen LogP contribution in [0.1, 0.15) is 36.8 Å². The molecule has 2 unspecified atom stereocenters. The number of nitrogens with one attached hydrogen (secondary N) is 1. The second kappa shape index (κ2) is 3.77.